The summed E-state index contributed by atoms with van der Waals surface area (Å²) in [7, 11) is 1.88. The molecule has 0 atom stereocenters. The summed E-state index contributed by atoms with van der Waals surface area (Å²) in [5.41, 5.74) is 1.97. The van der Waals surface area contributed by atoms with Crippen molar-refractivity contribution in [2.75, 3.05) is 0 Å². The molecule has 0 spiro atoms. The van der Waals surface area contributed by atoms with Crippen molar-refractivity contribution in [2.45, 2.75) is 14.0 Å². The molecule has 3 nitrogen and oxygen atoms in total. The second-order valence-corrected chi connectivity index (χ2v) is 3.18. The van der Waals surface area contributed by atoms with Gasteiger partial charge in [0.2, 0.25) is 0 Å². The second kappa shape index (κ2) is 4.75. The molecule has 2 aromatic rings. The van der Waals surface area contributed by atoms with Crippen LogP contribution in [-0.2, 0) is 13.7 Å². The van der Waals surface area contributed by atoms with Gasteiger partial charge in [-0.2, -0.15) is 0 Å². The maximum Gasteiger partial charge on any atom is 0.134 e. The highest BCUT2D eigenvalue weighted by atomic mass is 16.3. The van der Waals surface area contributed by atoms with Gasteiger partial charge in [0.15, 0.2) is 0 Å². The average Bonchev–Trinajstić information content (AvgIpc) is 2.61. The third-order valence-electron chi connectivity index (χ3n) is 2.18. The highest BCUT2D eigenvalue weighted by Gasteiger charge is 2.04. The Labute approximate surface area is 90.0 Å². The maximum atomic E-state index is 9.00. The van der Waals surface area contributed by atoms with Crippen LogP contribution in [0.2, 0.25) is 0 Å². The van der Waals surface area contributed by atoms with Gasteiger partial charge in [0.25, 0.3) is 0 Å². The number of aromatic nitrogens is 2. The first kappa shape index (κ1) is 11.5. The molecule has 0 saturated heterocycles. The van der Waals surface area contributed by atoms with Crippen molar-refractivity contribution in [3.63, 3.8) is 0 Å². The molecule has 1 aromatic carbocycles. The lowest BCUT2D eigenvalue weighted by molar-refractivity contribution is 0.267. The highest BCUT2D eigenvalue weighted by molar-refractivity contribution is 5.58. The van der Waals surface area contributed by atoms with Crippen LogP contribution in [-0.4, -0.2) is 14.7 Å². The largest absolute Gasteiger partial charge is 0.388 e. The van der Waals surface area contributed by atoms with Crippen molar-refractivity contribution in [2.24, 2.45) is 7.05 Å². The van der Waals surface area contributed by atoms with Crippen LogP contribution < -0.4 is 0 Å². The zero-order valence-electron chi connectivity index (χ0n) is 8.01. The predicted molar refractivity (Wildman–Crippen MR) is 61.3 cm³/mol. The van der Waals surface area contributed by atoms with E-state index in [9.17, 15) is 0 Å². The first-order chi connectivity index (χ1) is 6.81. The van der Waals surface area contributed by atoms with E-state index < -0.39 is 0 Å². The number of aliphatic hydroxyl groups excluding tert-OH is 1. The third-order valence-corrected chi connectivity index (χ3v) is 2.18. The van der Waals surface area contributed by atoms with Crippen LogP contribution in [0.15, 0.2) is 36.5 Å². The Morgan fingerprint density at radius 3 is 2.47 bits per heavy atom. The molecule has 0 aliphatic rings. The van der Waals surface area contributed by atoms with Crippen molar-refractivity contribution in [3.8, 4) is 11.3 Å². The number of nitrogens with zero attached hydrogens (tertiary/aromatic N) is 2. The van der Waals surface area contributed by atoms with Gasteiger partial charge >= 0.3 is 0 Å². The van der Waals surface area contributed by atoms with E-state index in [4.69, 9.17) is 5.11 Å². The summed E-state index contributed by atoms with van der Waals surface area (Å²) >= 11 is 0. The third kappa shape index (κ3) is 2.25. The minimum absolute atomic E-state index is 0. The summed E-state index contributed by atoms with van der Waals surface area (Å²) in [6.45, 7) is -0.0245. The van der Waals surface area contributed by atoms with Crippen LogP contribution in [0.4, 0.5) is 0 Å². The quantitative estimate of drug-likeness (QED) is 0.814. The molecule has 0 aliphatic heterocycles. The number of aryl methyl sites for hydroxylation is 1. The molecule has 0 unspecified atom stereocenters. The summed E-state index contributed by atoms with van der Waals surface area (Å²) in [4.78, 5) is 4.31. The first-order valence-electron chi connectivity index (χ1n) is 4.50. The van der Waals surface area contributed by atoms with Crippen molar-refractivity contribution in [3.05, 3.63) is 42.4 Å². The number of benzene rings is 1. The molecule has 3 heteroatoms. The molecule has 80 valence electrons. The van der Waals surface area contributed by atoms with Crippen LogP contribution >= 0.6 is 0 Å². The standard InChI is InChI=1S/C11H12N2O.CH4/c1-13-7-10(12-11(13)8-14)9-5-3-2-4-6-9;/h2-7,14H,8H2,1H3;1H4. The molecular weight excluding hydrogens is 188 g/mol. The van der Waals surface area contributed by atoms with Gasteiger partial charge in [-0.3, -0.25) is 0 Å². The van der Waals surface area contributed by atoms with E-state index in [2.05, 4.69) is 4.98 Å². The van der Waals surface area contributed by atoms with E-state index >= 15 is 0 Å². The number of rotatable bonds is 2. The Balaban J connectivity index is 0.00000112. The smallest absolute Gasteiger partial charge is 0.134 e. The molecule has 0 aliphatic carbocycles. The molecule has 0 amide bonds. The van der Waals surface area contributed by atoms with Crippen LogP contribution in [0.3, 0.4) is 0 Å². The van der Waals surface area contributed by atoms with E-state index in [-0.39, 0.29) is 14.0 Å². The molecular formula is C12H16N2O. The molecule has 0 radical (unpaired) electrons. The number of aliphatic hydroxyl groups is 1. The molecule has 1 aromatic heterocycles. The van der Waals surface area contributed by atoms with Gasteiger partial charge in [0.1, 0.15) is 12.4 Å². The zero-order chi connectivity index (χ0) is 9.97. The summed E-state index contributed by atoms with van der Waals surface area (Å²) in [6.07, 6.45) is 1.92. The Hall–Kier alpha value is -1.61. The molecule has 1 N–H and O–H groups in total. The van der Waals surface area contributed by atoms with E-state index in [0.717, 1.165) is 11.3 Å². The molecule has 0 fully saturated rings. The number of hydrogen-bond donors (Lipinski definition) is 1. The topological polar surface area (TPSA) is 38.0 Å². The van der Waals surface area contributed by atoms with E-state index in [1.54, 1.807) is 0 Å². The Bertz CT molecular complexity index is 420. The average molecular weight is 204 g/mol. The summed E-state index contributed by atoms with van der Waals surface area (Å²) in [5.74, 6) is 0.684. The Morgan fingerprint density at radius 2 is 1.93 bits per heavy atom. The fraction of sp³-hybridized carbons (Fsp3) is 0.250. The lowest BCUT2D eigenvalue weighted by atomic mass is 10.2. The van der Waals surface area contributed by atoms with E-state index in [1.807, 2.05) is 48.1 Å². The second-order valence-electron chi connectivity index (χ2n) is 3.18. The van der Waals surface area contributed by atoms with Gasteiger partial charge in [-0.1, -0.05) is 37.8 Å². The number of hydrogen-bond acceptors (Lipinski definition) is 2. The Kier molecular flexibility index (Phi) is 3.63. The molecule has 1 heterocycles. The van der Waals surface area contributed by atoms with Gasteiger partial charge in [-0.25, -0.2) is 4.98 Å². The van der Waals surface area contributed by atoms with Crippen molar-refractivity contribution < 1.29 is 5.11 Å². The number of imidazole rings is 1. The molecule has 0 saturated carbocycles. The lowest BCUT2D eigenvalue weighted by Crippen LogP contribution is -1.94. The van der Waals surface area contributed by atoms with Crippen LogP contribution in [0.5, 0.6) is 0 Å². The van der Waals surface area contributed by atoms with Gasteiger partial charge in [0.05, 0.1) is 5.69 Å². The monoisotopic (exact) mass is 204 g/mol. The maximum absolute atomic E-state index is 9.00. The first-order valence-corrected chi connectivity index (χ1v) is 4.50. The SMILES string of the molecule is C.Cn1cc(-c2ccccc2)nc1CO. The van der Waals surface area contributed by atoms with Gasteiger partial charge in [0, 0.05) is 18.8 Å². The van der Waals surface area contributed by atoms with Crippen molar-refractivity contribution >= 4 is 0 Å². The normalized spacial score (nSPS) is 9.73. The predicted octanol–water partition coefficient (Wildman–Crippen LogP) is 2.22. The minimum Gasteiger partial charge on any atom is -0.388 e. The van der Waals surface area contributed by atoms with Crippen molar-refractivity contribution in [1.29, 1.82) is 0 Å². The minimum atomic E-state index is -0.0245. The van der Waals surface area contributed by atoms with Crippen LogP contribution in [0.1, 0.15) is 13.3 Å². The van der Waals surface area contributed by atoms with Gasteiger partial charge in [-0.15, -0.1) is 0 Å². The fourth-order valence-corrected chi connectivity index (χ4v) is 1.40. The summed E-state index contributed by atoms with van der Waals surface area (Å²) in [6, 6.07) is 9.93. The molecule has 0 bridgehead atoms. The van der Waals surface area contributed by atoms with E-state index in [1.165, 1.54) is 0 Å². The summed E-state index contributed by atoms with van der Waals surface area (Å²) in [5, 5.41) is 9.00. The van der Waals surface area contributed by atoms with Crippen molar-refractivity contribution in [1.82, 2.24) is 9.55 Å². The molecule has 2 rings (SSSR count). The summed E-state index contributed by atoms with van der Waals surface area (Å²) < 4.78 is 1.84. The molecule has 15 heavy (non-hydrogen) atoms. The van der Waals surface area contributed by atoms with Crippen LogP contribution in [0, 0.1) is 0 Å². The lowest BCUT2D eigenvalue weighted by Gasteiger charge is -1.92. The highest BCUT2D eigenvalue weighted by Crippen LogP contribution is 2.17. The Morgan fingerprint density at radius 1 is 1.27 bits per heavy atom. The zero-order valence-corrected chi connectivity index (χ0v) is 8.01. The van der Waals surface area contributed by atoms with E-state index in [0.29, 0.717) is 5.82 Å². The van der Waals surface area contributed by atoms with Gasteiger partial charge in [-0.05, 0) is 0 Å². The fourth-order valence-electron chi connectivity index (χ4n) is 1.40. The van der Waals surface area contributed by atoms with Gasteiger partial charge < -0.3 is 9.67 Å². The van der Waals surface area contributed by atoms with Crippen LogP contribution in [0.25, 0.3) is 11.3 Å².